The number of rotatable bonds is 6. The number of hydrogen-bond donors (Lipinski definition) is 0. The first kappa shape index (κ1) is 19.3. The molecule has 2 aliphatic rings. The summed E-state index contributed by atoms with van der Waals surface area (Å²) in [7, 11) is 1.56. The van der Waals surface area contributed by atoms with Crippen molar-refractivity contribution in [3.63, 3.8) is 0 Å². The molecule has 144 valence electrons. The van der Waals surface area contributed by atoms with Crippen LogP contribution in [0.15, 0.2) is 23.1 Å². The minimum Gasteiger partial charge on any atom is -0.493 e. The molecule has 1 aromatic carbocycles. The van der Waals surface area contributed by atoms with E-state index in [1.807, 2.05) is 6.92 Å². The Kier molecular flexibility index (Phi) is 6.05. The summed E-state index contributed by atoms with van der Waals surface area (Å²) in [5, 5.41) is -0.419. The Balaban J connectivity index is 1.75. The van der Waals surface area contributed by atoms with Crippen LogP contribution in [0.3, 0.4) is 0 Å². The van der Waals surface area contributed by atoms with E-state index in [2.05, 4.69) is 0 Å². The molecule has 0 aliphatic carbocycles. The van der Waals surface area contributed by atoms with Gasteiger partial charge in [0.25, 0.3) is 11.1 Å². The number of imide groups is 1. The third kappa shape index (κ3) is 4.27. The number of benzene rings is 1. The molecule has 2 fully saturated rings. The molecular weight excluding hydrogens is 368 g/mol. The monoisotopic (exact) mass is 390 g/mol. The molecule has 3 amide bonds. The average molecular weight is 390 g/mol. The quantitative estimate of drug-likeness (QED) is 0.695. The second-order valence-electron chi connectivity index (χ2n) is 6.20. The van der Waals surface area contributed by atoms with Crippen molar-refractivity contribution in [1.29, 1.82) is 0 Å². The Morgan fingerprint density at radius 3 is 2.63 bits per heavy atom. The molecule has 0 aromatic heterocycles. The zero-order valence-electron chi connectivity index (χ0n) is 15.4. The normalized spacial score (nSPS) is 18.5. The zero-order chi connectivity index (χ0) is 19.4. The van der Waals surface area contributed by atoms with E-state index < -0.39 is 11.1 Å². The van der Waals surface area contributed by atoms with Crippen molar-refractivity contribution in [2.24, 2.45) is 0 Å². The molecule has 1 aromatic rings. The lowest BCUT2D eigenvalue weighted by atomic mass is 10.2. The standard InChI is InChI=1S/C19H22N2O5S/c1-3-26-15-10-13(6-7-14(15)25-2)11-16-18(23)21(19(24)27-16)12-17(22)20-8-4-5-9-20/h6-7,10-11H,3-5,8-9,12H2,1-2H3/b16-11+. The molecule has 2 heterocycles. The molecule has 0 spiro atoms. The number of methoxy groups -OCH3 is 1. The van der Waals surface area contributed by atoms with Crippen LogP contribution in [0.4, 0.5) is 4.79 Å². The molecule has 3 rings (SSSR count). The van der Waals surface area contributed by atoms with Gasteiger partial charge < -0.3 is 14.4 Å². The van der Waals surface area contributed by atoms with Crippen molar-refractivity contribution >= 4 is 34.9 Å². The van der Waals surface area contributed by atoms with Crippen LogP contribution < -0.4 is 9.47 Å². The summed E-state index contributed by atoms with van der Waals surface area (Å²) in [5.41, 5.74) is 0.718. The van der Waals surface area contributed by atoms with Gasteiger partial charge in [0.2, 0.25) is 5.91 Å². The maximum absolute atomic E-state index is 12.6. The lowest BCUT2D eigenvalue weighted by Gasteiger charge is -2.18. The minimum atomic E-state index is -0.439. The van der Waals surface area contributed by atoms with Gasteiger partial charge in [-0.1, -0.05) is 6.07 Å². The molecule has 7 nitrogen and oxygen atoms in total. The van der Waals surface area contributed by atoms with E-state index in [0.717, 1.165) is 35.1 Å². The van der Waals surface area contributed by atoms with Gasteiger partial charge in [-0.25, -0.2) is 0 Å². The highest BCUT2D eigenvalue weighted by molar-refractivity contribution is 8.18. The first-order valence-corrected chi connectivity index (χ1v) is 9.69. The highest BCUT2D eigenvalue weighted by Crippen LogP contribution is 2.34. The van der Waals surface area contributed by atoms with Crippen LogP contribution >= 0.6 is 11.8 Å². The van der Waals surface area contributed by atoms with Gasteiger partial charge in [0, 0.05) is 13.1 Å². The molecular formula is C19H22N2O5S. The Morgan fingerprint density at radius 2 is 1.96 bits per heavy atom. The van der Waals surface area contributed by atoms with E-state index in [1.54, 1.807) is 36.3 Å². The van der Waals surface area contributed by atoms with Crippen LogP contribution in [0.5, 0.6) is 11.5 Å². The van der Waals surface area contributed by atoms with Gasteiger partial charge in [0.15, 0.2) is 11.5 Å². The molecule has 8 heteroatoms. The van der Waals surface area contributed by atoms with Crippen LogP contribution in [0.25, 0.3) is 6.08 Å². The van der Waals surface area contributed by atoms with Crippen LogP contribution in [0.2, 0.25) is 0 Å². The van der Waals surface area contributed by atoms with Crippen LogP contribution in [-0.4, -0.2) is 60.2 Å². The number of carbonyl (C=O) groups excluding carboxylic acids is 3. The fraction of sp³-hybridized carbons (Fsp3) is 0.421. The van der Waals surface area contributed by atoms with Crippen molar-refractivity contribution in [3.05, 3.63) is 28.7 Å². The van der Waals surface area contributed by atoms with E-state index in [-0.39, 0.29) is 12.5 Å². The number of carbonyl (C=O) groups is 3. The topological polar surface area (TPSA) is 76.2 Å². The fourth-order valence-corrected chi connectivity index (χ4v) is 3.88. The number of ether oxygens (including phenoxy) is 2. The fourth-order valence-electron chi connectivity index (χ4n) is 3.04. The second kappa shape index (κ2) is 8.47. The largest absolute Gasteiger partial charge is 0.493 e. The predicted octanol–water partition coefficient (Wildman–Crippen LogP) is 2.75. The molecule has 0 bridgehead atoms. The zero-order valence-corrected chi connectivity index (χ0v) is 16.2. The van der Waals surface area contributed by atoms with E-state index >= 15 is 0 Å². The number of amides is 3. The highest BCUT2D eigenvalue weighted by Gasteiger charge is 2.37. The Labute approximate surface area is 162 Å². The summed E-state index contributed by atoms with van der Waals surface area (Å²) in [6.45, 7) is 3.53. The van der Waals surface area contributed by atoms with Crippen molar-refractivity contribution in [2.45, 2.75) is 19.8 Å². The van der Waals surface area contributed by atoms with E-state index in [1.165, 1.54) is 0 Å². The lowest BCUT2D eigenvalue weighted by Crippen LogP contribution is -2.40. The maximum Gasteiger partial charge on any atom is 0.294 e. The Hall–Kier alpha value is -2.48. The van der Waals surface area contributed by atoms with Crippen LogP contribution in [0.1, 0.15) is 25.3 Å². The van der Waals surface area contributed by atoms with Gasteiger partial charge in [-0.15, -0.1) is 0 Å². The van der Waals surface area contributed by atoms with Gasteiger partial charge in [0.1, 0.15) is 6.54 Å². The highest BCUT2D eigenvalue weighted by atomic mass is 32.2. The molecule has 0 atom stereocenters. The third-order valence-corrected chi connectivity index (χ3v) is 5.32. The average Bonchev–Trinajstić information content (AvgIpc) is 3.27. The van der Waals surface area contributed by atoms with Gasteiger partial charge in [-0.2, -0.15) is 0 Å². The summed E-state index contributed by atoms with van der Waals surface area (Å²) < 4.78 is 10.8. The van der Waals surface area contributed by atoms with Crippen molar-refractivity contribution in [1.82, 2.24) is 9.80 Å². The van der Waals surface area contributed by atoms with E-state index in [0.29, 0.717) is 36.1 Å². The maximum atomic E-state index is 12.6. The molecule has 2 saturated heterocycles. The number of likely N-dealkylation sites (tertiary alicyclic amines) is 1. The molecule has 0 N–H and O–H groups in total. The van der Waals surface area contributed by atoms with Gasteiger partial charge in [-0.3, -0.25) is 19.3 Å². The predicted molar refractivity (Wildman–Crippen MR) is 103 cm³/mol. The van der Waals surface area contributed by atoms with Gasteiger partial charge in [-0.05, 0) is 55.3 Å². The summed E-state index contributed by atoms with van der Waals surface area (Å²) >= 11 is 0.846. The van der Waals surface area contributed by atoms with Crippen molar-refractivity contribution in [2.75, 3.05) is 33.4 Å². The van der Waals surface area contributed by atoms with E-state index in [9.17, 15) is 14.4 Å². The number of nitrogens with zero attached hydrogens (tertiary/aromatic N) is 2. The van der Waals surface area contributed by atoms with Crippen LogP contribution in [-0.2, 0) is 9.59 Å². The van der Waals surface area contributed by atoms with E-state index in [4.69, 9.17) is 9.47 Å². The Bertz CT molecular complexity index is 786. The summed E-state index contributed by atoms with van der Waals surface area (Å²) in [5.74, 6) is 0.543. The summed E-state index contributed by atoms with van der Waals surface area (Å²) in [6.07, 6.45) is 3.56. The third-order valence-electron chi connectivity index (χ3n) is 4.41. The number of hydrogen-bond acceptors (Lipinski definition) is 6. The van der Waals surface area contributed by atoms with Crippen molar-refractivity contribution < 1.29 is 23.9 Å². The molecule has 0 saturated carbocycles. The summed E-state index contributed by atoms with van der Waals surface area (Å²) in [4.78, 5) is 40.1. The first-order chi connectivity index (χ1) is 13.0. The van der Waals surface area contributed by atoms with Gasteiger partial charge in [0.05, 0.1) is 18.6 Å². The molecule has 0 unspecified atom stereocenters. The first-order valence-electron chi connectivity index (χ1n) is 8.87. The van der Waals surface area contributed by atoms with Crippen LogP contribution in [0, 0.1) is 0 Å². The summed E-state index contributed by atoms with van der Waals surface area (Å²) in [6, 6.07) is 5.29. The molecule has 0 radical (unpaired) electrons. The number of thioether (sulfide) groups is 1. The SMILES string of the molecule is CCOc1cc(/C=C2/SC(=O)N(CC(=O)N3CCCC3)C2=O)ccc1OC. The molecule has 2 aliphatic heterocycles. The second-order valence-corrected chi connectivity index (χ2v) is 7.19. The molecule has 27 heavy (non-hydrogen) atoms. The van der Waals surface area contributed by atoms with Gasteiger partial charge >= 0.3 is 0 Å². The lowest BCUT2D eigenvalue weighted by molar-refractivity contribution is -0.135. The van der Waals surface area contributed by atoms with Crippen molar-refractivity contribution in [3.8, 4) is 11.5 Å². The smallest absolute Gasteiger partial charge is 0.294 e. The Morgan fingerprint density at radius 1 is 1.22 bits per heavy atom. The minimum absolute atomic E-state index is 0.181.